The van der Waals surface area contributed by atoms with Gasteiger partial charge in [0.15, 0.2) is 0 Å². The first-order valence-corrected chi connectivity index (χ1v) is 7.23. The van der Waals surface area contributed by atoms with Gasteiger partial charge in [0.25, 0.3) is 0 Å². The predicted octanol–water partition coefficient (Wildman–Crippen LogP) is 2.67. The van der Waals surface area contributed by atoms with Crippen LogP contribution in [0.15, 0.2) is 18.2 Å². The highest BCUT2D eigenvalue weighted by Gasteiger charge is 2.48. The van der Waals surface area contributed by atoms with Crippen molar-refractivity contribution >= 4 is 27.7 Å². The second-order valence-corrected chi connectivity index (χ2v) is 5.84. The number of carbonyl (C=O) groups excluding carboxylic acids is 1. The maximum Gasteiger partial charge on any atom is 0.534 e. The van der Waals surface area contributed by atoms with Crippen molar-refractivity contribution < 1.29 is 35.3 Å². The predicted molar refractivity (Wildman–Crippen MR) is 67.4 cm³/mol. The van der Waals surface area contributed by atoms with Crippen molar-refractivity contribution in [3.8, 4) is 5.75 Å². The zero-order chi connectivity index (χ0) is 16.3. The summed E-state index contributed by atoms with van der Waals surface area (Å²) in [6, 6.07) is 3.39. The van der Waals surface area contributed by atoms with Gasteiger partial charge in [-0.15, -0.1) is 0 Å². The Morgan fingerprint density at radius 1 is 1.29 bits per heavy atom. The van der Waals surface area contributed by atoms with Crippen LogP contribution in [0.1, 0.15) is 12.5 Å². The number of hydrogen-bond donors (Lipinski definition) is 0. The lowest BCUT2D eigenvalue weighted by Crippen LogP contribution is -2.28. The number of benzene rings is 1. The van der Waals surface area contributed by atoms with E-state index in [0.29, 0.717) is 5.56 Å². The monoisotopic (exact) mass is 346 g/mol. The first-order valence-electron chi connectivity index (χ1n) is 5.45. The molecule has 0 unspecified atom stereocenters. The molecule has 5 nitrogen and oxygen atoms in total. The van der Waals surface area contributed by atoms with Crippen LogP contribution in [-0.4, -0.2) is 26.5 Å². The van der Waals surface area contributed by atoms with Crippen molar-refractivity contribution in [3.05, 3.63) is 28.8 Å². The molecule has 118 valence electrons. The van der Waals surface area contributed by atoms with E-state index in [-0.39, 0.29) is 18.1 Å². The van der Waals surface area contributed by atoms with Crippen molar-refractivity contribution in [2.75, 3.05) is 6.61 Å². The van der Waals surface area contributed by atoms with Gasteiger partial charge in [-0.3, -0.25) is 4.79 Å². The van der Waals surface area contributed by atoms with Gasteiger partial charge in [-0.05, 0) is 17.7 Å². The fourth-order valence-corrected chi connectivity index (χ4v) is 1.99. The molecule has 0 aliphatic heterocycles. The molecule has 0 fully saturated rings. The van der Waals surface area contributed by atoms with Crippen LogP contribution in [0, 0.1) is 0 Å². The standard InChI is InChI=1S/C11H10ClF3O5S/c1-7(16)19-3-2-8-4-9(12)6-10(5-8)20-21(17,18)11(13,14)15/h4-6H,2-3H2,1H3. The lowest BCUT2D eigenvalue weighted by atomic mass is 10.1. The molecule has 0 heterocycles. The van der Waals surface area contributed by atoms with Crippen molar-refractivity contribution in [1.82, 2.24) is 0 Å². The van der Waals surface area contributed by atoms with E-state index in [4.69, 9.17) is 11.6 Å². The van der Waals surface area contributed by atoms with E-state index in [2.05, 4.69) is 8.92 Å². The maximum atomic E-state index is 12.2. The molecule has 1 aromatic carbocycles. The quantitative estimate of drug-likeness (QED) is 0.466. The third-order valence-electron chi connectivity index (χ3n) is 2.12. The molecule has 0 aromatic heterocycles. The zero-order valence-electron chi connectivity index (χ0n) is 10.6. The fraction of sp³-hybridized carbons (Fsp3) is 0.364. The SMILES string of the molecule is CC(=O)OCCc1cc(Cl)cc(OS(=O)(=O)C(F)(F)F)c1. The van der Waals surface area contributed by atoms with Crippen molar-refractivity contribution in [3.63, 3.8) is 0 Å². The first-order chi connectivity index (χ1) is 9.51. The molecule has 0 spiro atoms. The van der Waals surface area contributed by atoms with Gasteiger partial charge in [-0.2, -0.15) is 21.6 Å². The van der Waals surface area contributed by atoms with Gasteiger partial charge < -0.3 is 8.92 Å². The molecule has 0 saturated carbocycles. The number of ether oxygens (including phenoxy) is 1. The lowest BCUT2D eigenvalue weighted by molar-refractivity contribution is -0.140. The third-order valence-corrected chi connectivity index (χ3v) is 3.31. The first kappa shape index (κ1) is 17.6. The number of esters is 1. The van der Waals surface area contributed by atoms with Crippen molar-refractivity contribution in [2.24, 2.45) is 0 Å². The normalized spacial score (nSPS) is 12.0. The summed E-state index contributed by atoms with van der Waals surface area (Å²) in [4.78, 5) is 10.6. The third kappa shape index (κ3) is 5.43. The van der Waals surface area contributed by atoms with E-state index >= 15 is 0 Å². The number of halogens is 4. The zero-order valence-corrected chi connectivity index (χ0v) is 12.2. The topological polar surface area (TPSA) is 69.7 Å². The van der Waals surface area contributed by atoms with Crippen molar-refractivity contribution in [1.29, 1.82) is 0 Å². The minimum Gasteiger partial charge on any atom is -0.466 e. The minimum atomic E-state index is -5.76. The number of hydrogen-bond acceptors (Lipinski definition) is 5. The molecule has 10 heteroatoms. The second-order valence-electron chi connectivity index (χ2n) is 3.87. The summed E-state index contributed by atoms with van der Waals surface area (Å²) in [5, 5.41) is -0.0114. The summed E-state index contributed by atoms with van der Waals surface area (Å²) < 4.78 is 67.0. The Balaban J connectivity index is 2.90. The van der Waals surface area contributed by atoms with Crippen LogP contribution in [0.4, 0.5) is 13.2 Å². The van der Waals surface area contributed by atoms with E-state index < -0.39 is 27.3 Å². The average Bonchev–Trinajstić information content (AvgIpc) is 2.25. The minimum absolute atomic E-state index is 0.0114. The summed E-state index contributed by atoms with van der Waals surface area (Å²) in [5.74, 6) is -1.09. The maximum absolute atomic E-state index is 12.2. The molecule has 1 rings (SSSR count). The number of rotatable bonds is 5. The second kappa shape index (κ2) is 6.52. The van der Waals surface area contributed by atoms with Gasteiger partial charge in [0.05, 0.1) is 6.61 Å². The Labute approximate surface area is 123 Å². The van der Waals surface area contributed by atoms with Gasteiger partial charge in [0.1, 0.15) is 5.75 Å². The fourth-order valence-electron chi connectivity index (χ4n) is 1.30. The van der Waals surface area contributed by atoms with Crippen LogP contribution in [0.3, 0.4) is 0 Å². The smallest absolute Gasteiger partial charge is 0.466 e. The number of alkyl halides is 3. The summed E-state index contributed by atoms with van der Waals surface area (Å²) in [7, 11) is -5.76. The molecule has 0 aliphatic carbocycles. The molecule has 0 saturated heterocycles. The van der Waals surface area contributed by atoms with Crippen LogP contribution in [-0.2, 0) is 26.1 Å². The lowest BCUT2D eigenvalue weighted by Gasteiger charge is -2.11. The van der Waals surface area contributed by atoms with Crippen LogP contribution < -0.4 is 4.18 Å². The van der Waals surface area contributed by atoms with Gasteiger partial charge in [-0.1, -0.05) is 11.6 Å². The highest BCUT2D eigenvalue weighted by Crippen LogP contribution is 2.29. The molecule has 0 amide bonds. The molecule has 0 atom stereocenters. The van der Waals surface area contributed by atoms with Gasteiger partial charge in [-0.25, -0.2) is 0 Å². The van der Waals surface area contributed by atoms with Crippen LogP contribution >= 0.6 is 11.6 Å². The van der Waals surface area contributed by atoms with Crippen LogP contribution in [0.25, 0.3) is 0 Å². The highest BCUT2D eigenvalue weighted by molar-refractivity contribution is 7.88. The van der Waals surface area contributed by atoms with Crippen LogP contribution in [0.2, 0.25) is 5.02 Å². The molecule has 0 aliphatic rings. The summed E-state index contributed by atoms with van der Waals surface area (Å²) in [5.41, 5.74) is -5.18. The Morgan fingerprint density at radius 2 is 1.90 bits per heavy atom. The molecule has 0 N–H and O–H groups in total. The van der Waals surface area contributed by atoms with Gasteiger partial charge in [0, 0.05) is 24.4 Å². The molecular formula is C11H10ClF3O5S. The van der Waals surface area contributed by atoms with E-state index in [1.807, 2.05) is 0 Å². The van der Waals surface area contributed by atoms with Gasteiger partial charge in [0.2, 0.25) is 0 Å². The Hall–Kier alpha value is -1.48. The van der Waals surface area contributed by atoms with Gasteiger partial charge >= 0.3 is 21.6 Å². The van der Waals surface area contributed by atoms with E-state index in [9.17, 15) is 26.4 Å². The Kier molecular flexibility index (Phi) is 5.46. The van der Waals surface area contributed by atoms with Crippen LogP contribution in [0.5, 0.6) is 5.75 Å². The van der Waals surface area contributed by atoms with E-state index in [1.165, 1.54) is 13.0 Å². The Morgan fingerprint density at radius 3 is 2.43 bits per heavy atom. The molecule has 0 radical (unpaired) electrons. The molecule has 0 bridgehead atoms. The highest BCUT2D eigenvalue weighted by atomic mass is 35.5. The largest absolute Gasteiger partial charge is 0.534 e. The summed E-state index contributed by atoms with van der Waals surface area (Å²) in [6.07, 6.45) is 0.141. The molecule has 21 heavy (non-hydrogen) atoms. The van der Waals surface area contributed by atoms with E-state index in [0.717, 1.165) is 12.1 Å². The van der Waals surface area contributed by atoms with E-state index in [1.54, 1.807) is 0 Å². The molecular weight excluding hydrogens is 337 g/mol. The summed E-state index contributed by atoms with van der Waals surface area (Å²) >= 11 is 5.67. The average molecular weight is 347 g/mol. The Bertz CT molecular complexity index is 627. The summed E-state index contributed by atoms with van der Waals surface area (Å²) in [6.45, 7) is 1.17. The molecule has 1 aromatic rings. The number of carbonyl (C=O) groups is 1. The van der Waals surface area contributed by atoms with Crippen molar-refractivity contribution in [2.45, 2.75) is 18.9 Å².